The van der Waals surface area contributed by atoms with Crippen molar-refractivity contribution in [2.24, 2.45) is 0 Å². The molecule has 1 heterocycles. The van der Waals surface area contributed by atoms with Crippen molar-refractivity contribution in [3.63, 3.8) is 0 Å². The molecule has 0 radical (unpaired) electrons. The van der Waals surface area contributed by atoms with Gasteiger partial charge in [-0.3, -0.25) is 0 Å². The quantitative estimate of drug-likeness (QED) is 0.547. The minimum atomic E-state index is -1.39. The van der Waals surface area contributed by atoms with Crippen LogP contribution in [-0.4, -0.2) is 71.3 Å². The Morgan fingerprint density at radius 1 is 0.952 bits per heavy atom. The SMILES string of the molecule is COc1ccc(OCC2O[C@H](CO)[C@@H](O)[C@H](O)[C@H]2O)cc1. The Morgan fingerprint density at radius 3 is 2.10 bits per heavy atom. The predicted octanol–water partition coefficient (Wildman–Crippen LogP) is -1.08. The number of benzene rings is 1. The van der Waals surface area contributed by atoms with E-state index in [4.69, 9.17) is 19.3 Å². The predicted molar refractivity (Wildman–Crippen MR) is 72.3 cm³/mol. The summed E-state index contributed by atoms with van der Waals surface area (Å²) in [6.45, 7) is -0.474. The van der Waals surface area contributed by atoms with Gasteiger partial charge in [0.05, 0.1) is 13.7 Å². The van der Waals surface area contributed by atoms with Gasteiger partial charge in [0, 0.05) is 0 Å². The van der Waals surface area contributed by atoms with Crippen molar-refractivity contribution in [2.45, 2.75) is 30.5 Å². The molecule has 1 aromatic rings. The topological polar surface area (TPSA) is 109 Å². The average Bonchev–Trinajstić information content (AvgIpc) is 2.52. The first kappa shape index (κ1) is 16.0. The van der Waals surface area contributed by atoms with E-state index in [0.29, 0.717) is 11.5 Å². The van der Waals surface area contributed by atoms with E-state index in [9.17, 15) is 15.3 Å². The lowest BCUT2D eigenvalue weighted by atomic mass is 9.95. The monoisotopic (exact) mass is 300 g/mol. The van der Waals surface area contributed by atoms with Crippen LogP contribution in [0.1, 0.15) is 0 Å². The number of rotatable bonds is 5. The second-order valence-corrected chi connectivity index (χ2v) is 4.85. The molecule has 0 bridgehead atoms. The van der Waals surface area contributed by atoms with E-state index < -0.39 is 37.1 Å². The van der Waals surface area contributed by atoms with Gasteiger partial charge in [0.15, 0.2) is 0 Å². The van der Waals surface area contributed by atoms with Crippen LogP contribution < -0.4 is 9.47 Å². The number of hydrogen-bond acceptors (Lipinski definition) is 7. The first-order valence-electron chi connectivity index (χ1n) is 6.64. The van der Waals surface area contributed by atoms with Crippen LogP contribution >= 0.6 is 0 Å². The zero-order valence-corrected chi connectivity index (χ0v) is 11.6. The molecule has 1 aromatic carbocycles. The molecular formula is C14H20O7. The summed E-state index contributed by atoms with van der Waals surface area (Å²) in [5, 5.41) is 38.3. The molecular weight excluding hydrogens is 280 g/mol. The molecule has 7 nitrogen and oxygen atoms in total. The summed E-state index contributed by atoms with van der Waals surface area (Å²) in [5.74, 6) is 1.24. The summed E-state index contributed by atoms with van der Waals surface area (Å²) in [4.78, 5) is 0. The molecule has 5 atom stereocenters. The first-order chi connectivity index (χ1) is 10.1. The number of aliphatic hydroxyl groups excluding tert-OH is 4. The Morgan fingerprint density at radius 2 is 1.52 bits per heavy atom. The fourth-order valence-electron chi connectivity index (χ4n) is 2.17. The highest BCUT2D eigenvalue weighted by molar-refractivity contribution is 5.31. The van der Waals surface area contributed by atoms with Crippen molar-refractivity contribution in [3.8, 4) is 11.5 Å². The highest BCUT2D eigenvalue weighted by atomic mass is 16.6. The lowest BCUT2D eigenvalue weighted by Gasteiger charge is -2.39. The van der Waals surface area contributed by atoms with E-state index in [-0.39, 0.29) is 6.61 Å². The number of hydrogen-bond donors (Lipinski definition) is 4. The van der Waals surface area contributed by atoms with Crippen LogP contribution in [0.15, 0.2) is 24.3 Å². The zero-order valence-electron chi connectivity index (χ0n) is 11.6. The highest BCUT2D eigenvalue weighted by Crippen LogP contribution is 2.23. The number of ether oxygens (including phenoxy) is 3. The third-order valence-corrected chi connectivity index (χ3v) is 3.46. The van der Waals surface area contributed by atoms with Crippen LogP contribution in [0, 0.1) is 0 Å². The van der Waals surface area contributed by atoms with Crippen molar-refractivity contribution in [1.82, 2.24) is 0 Å². The Hall–Kier alpha value is -1.38. The maximum absolute atomic E-state index is 9.86. The van der Waals surface area contributed by atoms with Crippen LogP contribution in [0.4, 0.5) is 0 Å². The molecule has 0 saturated carbocycles. The van der Waals surface area contributed by atoms with Crippen LogP contribution in [-0.2, 0) is 4.74 Å². The minimum Gasteiger partial charge on any atom is -0.497 e. The summed E-state index contributed by atoms with van der Waals surface area (Å²) in [6.07, 6.45) is -5.81. The highest BCUT2D eigenvalue weighted by Gasteiger charge is 2.43. The van der Waals surface area contributed by atoms with Gasteiger partial charge in [-0.25, -0.2) is 0 Å². The van der Waals surface area contributed by atoms with E-state index in [1.807, 2.05) is 0 Å². The molecule has 4 N–H and O–H groups in total. The standard InChI is InChI=1S/C14H20O7/c1-19-8-2-4-9(5-3-8)20-7-11-13(17)14(18)12(16)10(6-15)21-11/h2-5,10-18H,6-7H2,1H3/t10-,11?,12-,13+,14+/m1/s1. The Bertz CT molecular complexity index is 433. The molecule has 0 aliphatic carbocycles. The van der Waals surface area contributed by atoms with Crippen LogP contribution in [0.3, 0.4) is 0 Å². The molecule has 2 rings (SSSR count). The average molecular weight is 300 g/mol. The summed E-state index contributed by atoms with van der Waals surface area (Å²) in [5.41, 5.74) is 0. The number of methoxy groups -OCH3 is 1. The van der Waals surface area contributed by atoms with Gasteiger partial charge in [-0.2, -0.15) is 0 Å². The molecule has 21 heavy (non-hydrogen) atoms. The van der Waals surface area contributed by atoms with Crippen molar-refractivity contribution < 1.29 is 34.6 Å². The Labute approximate surface area is 122 Å². The van der Waals surface area contributed by atoms with E-state index in [2.05, 4.69) is 0 Å². The van der Waals surface area contributed by atoms with Gasteiger partial charge >= 0.3 is 0 Å². The largest absolute Gasteiger partial charge is 0.497 e. The summed E-state index contributed by atoms with van der Waals surface area (Å²) >= 11 is 0. The van der Waals surface area contributed by atoms with Crippen molar-refractivity contribution >= 4 is 0 Å². The second kappa shape index (κ2) is 7.06. The van der Waals surface area contributed by atoms with Gasteiger partial charge in [-0.05, 0) is 24.3 Å². The van der Waals surface area contributed by atoms with E-state index in [1.54, 1.807) is 31.4 Å². The lowest BCUT2D eigenvalue weighted by molar-refractivity contribution is -0.234. The van der Waals surface area contributed by atoms with Crippen LogP contribution in [0.5, 0.6) is 11.5 Å². The molecule has 0 aromatic heterocycles. The number of aliphatic hydroxyl groups is 4. The molecule has 1 fully saturated rings. The molecule has 1 unspecified atom stereocenters. The van der Waals surface area contributed by atoms with Gasteiger partial charge in [-0.1, -0.05) is 0 Å². The first-order valence-corrected chi connectivity index (χ1v) is 6.64. The summed E-state index contributed by atoms with van der Waals surface area (Å²) in [6, 6.07) is 6.84. The molecule has 1 saturated heterocycles. The molecule has 0 amide bonds. The van der Waals surface area contributed by atoms with Gasteiger partial charge in [0.2, 0.25) is 0 Å². The van der Waals surface area contributed by atoms with Gasteiger partial charge in [0.1, 0.15) is 48.6 Å². The summed E-state index contributed by atoms with van der Waals surface area (Å²) < 4.78 is 15.8. The van der Waals surface area contributed by atoms with Gasteiger partial charge < -0.3 is 34.6 Å². The maximum atomic E-state index is 9.86. The minimum absolute atomic E-state index is 0.0201. The molecule has 118 valence electrons. The third kappa shape index (κ3) is 3.63. The van der Waals surface area contributed by atoms with Crippen LogP contribution in [0.2, 0.25) is 0 Å². The smallest absolute Gasteiger partial charge is 0.121 e. The second-order valence-electron chi connectivity index (χ2n) is 4.85. The summed E-state index contributed by atoms with van der Waals surface area (Å²) in [7, 11) is 1.56. The zero-order chi connectivity index (χ0) is 15.4. The van der Waals surface area contributed by atoms with Crippen LogP contribution in [0.25, 0.3) is 0 Å². The van der Waals surface area contributed by atoms with E-state index in [0.717, 1.165) is 0 Å². The molecule has 1 aliphatic heterocycles. The van der Waals surface area contributed by atoms with E-state index >= 15 is 0 Å². The normalized spacial score (nSPS) is 32.7. The Balaban J connectivity index is 1.94. The maximum Gasteiger partial charge on any atom is 0.121 e. The molecule has 7 heteroatoms. The van der Waals surface area contributed by atoms with E-state index in [1.165, 1.54) is 0 Å². The van der Waals surface area contributed by atoms with Crippen molar-refractivity contribution in [2.75, 3.05) is 20.3 Å². The molecule has 1 aliphatic rings. The van der Waals surface area contributed by atoms with Crippen molar-refractivity contribution in [1.29, 1.82) is 0 Å². The molecule has 0 spiro atoms. The third-order valence-electron chi connectivity index (χ3n) is 3.46. The van der Waals surface area contributed by atoms with Gasteiger partial charge in [-0.15, -0.1) is 0 Å². The fourth-order valence-corrected chi connectivity index (χ4v) is 2.17. The lowest BCUT2D eigenvalue weighted by Crippen LogP contribution is -2.59. The van der Waals surface area contributed by atoms with Crippen molar-refractivity contribution in [3.05, 3.63) is 24.3 Å². The Kier molecular flexibility index (Phi) is 5.38. The fraction of sp³-hybridized carbons (Fsp3) is 0.571. The van der Waals surface area contributed by atoms with Gasteiger partial charge in [0.25, 0.3) is 0 Å².